The molecular weight excluding hydrogens is 240 g/mol. The van der Waals surface area contributed by atoms with Gasteiger partial charge in [0.05, 0.1) is 0 Å². The van der Waals surface area contributed by atoms with Crippen molar-refractivity contribution in [1.29, 1.82) is 0 Å². The second-order valence-electron chi connectivity index (χ2n) is 5.28. The Morgan fingerprint density at radius 1 is 1.06 bits per heavy atom. The number of rotatable bonds is 3. The van der Waals surface area contributed by atoms with E-state index in [1.807, 2.05) is 11.8 Å². The summed E-state index contributed by atoms with van der Waals surface area (Å²) in [5.41, 5.74) is 3.19. The maximum absolute atomic E-state index is 3.40. The van der Waals surface area contributed by atoms with E-state index < -0.39 is 0 Å². The molecule has 0 radical (unpaired) electrons. The molecule has 1 saturated heterocycles. The van der Waals surface area contributed by atoms with Crippen LogP contribution in [0.1, 0.15) is 24.0 Å². The number of nitrogens with one attached hydrogen (secondary N) is 1. The molecule has 0 bridgehead atoms. The molecule has 0 atom stereocenters. The zero-order valence-electron chi connectivity index (χ0n) is 11.0. The zero-order chi connectivity index (χ0) is 12.2. The van der Waals surface area contributed by atoms with Crippen LogP contribution in [0.25, 0.3) is 0 Å². The van der Waals surface area contributed by atoms with Crippen LogP contribution in [0.3, 0.4) is 0 Å². The highest BCUT2D eigenvalue weighted by atomic mass is 32.2. The second kappa shape index (κ2) is 6.09. The van der Waals surface area contributed by atoms with Crippen LogP contribution < -0.4 is 5.32 Å². The van der Waals surface area contributed by atoms with E-state index in [9.17, 15) is 0 Å². The summed E-state index contributed by atoms with van der Waals surface area (Å²) < 4.78 is 0. The number of piperazine rings is 1. The lowest BCUT2D eigenvalue weighted by Crippen LogP contribution is -2.43. The van der Waals surface area contributed by atoms with Gasteiger partial charge in [0.1, 0.15) is 0 Å². The molecule has 1 aromatic rings. The minimum atomic E-state index is 1.14. The van der Waals surface area contributed by atoms with E-state index in [1.54, 1.807) is 11.1 Å². The van der Waals surface area contributed by atoms with E-state index in [4.69, 9.17) is 0 Å². The zero-order valence-corrected chi connectivity index (χ0v) is 11.8. The summed E-state index contributed by atoms with van der Waals surface area (Å²) in [5.74, 6) is 1.14. The van der Waals surface area contributed by atoms with Crippen molar-refractivity contribution >= 4 is 11.8 Å². The summed E-state index contributed by atoms with van der Waals surface area (Å²) >= 11 is 2.00. The molecule has 18 heavy (non-hydrogen) atoms. The van der Waals surface area contributed by atoms with Crippen molar-refractivity contribution in [3.05, 3.63) is 29.3 Å². The molecule has 0 amide bonds. The second-order valence-corrected chi connectivity index (χ2v) is 6.30. The highest BCUT2D eigenvalue weighted by Gasteiger charge is 2.12. The van der Waals surface area contributed by atoms with Crippen molar-refractivity contribution in [1.82, 2.24) is 10.2 Å². The minimum absolute atomic E-state index is 1.14. The molecule has 1 fully saturated rings. The van der Waals surface area contributed by atoms with Gasteiger partial charge in [-0.05, 0) is 48.9 Å². The fraction of sp³-hybridized carbons (Fsp3) is 0.600. The lowest BCUT2D eigenvalue weighted by molar-refractivity contribution is 0.280. The first-order valence-electron chi connectivity index (χ1n) is 7.09. The van der Waals surface area contributed by atoms with E-state index in [0.29, 0.717) is 0 Å². The normalized spacial score (nSPS) is 20.7. The predicted molar refractivity (Wildman–Crippen MR) is 78.3 cm³/mol. The number of fused-ring (bicyclic) bond motifs is 1. The quantitative estimate of drug-likeness (QED) is 0.843. The molecule has 1 aliphatic carbocycles. The van der Waals surface area contributed by atoms with Crippen LogP contribution in [0, 0.1) is 0 Å². The minimum Gasteiger partial charge on any atom is -0.314 e. The number of hydrogen-bond donors (Lipinski definition) is 1. The van der Waals surface area contributed by atoms with Gasteiger partial charge < -0.3 is 5.32 Å². The Hall–Kier alpha value is -0.510. The van der Waals surface area contributed by atoms with Gasteiger partial charge in [0.25, 0.3) is 0 Å². The Bertz CT molecular complexity index is 399. The molecule has 0 aromatic heterocycles. The molecule has 0 spiro atoms. The van der Waals surface area contributed by atoms with Crippen molar-refractivity contribution < 1.29 is 0 Å². The molecule has 1 heterocycles. The summed E-state index contributed by atoms with van der Waals surface area (Å²) in [7, 11) is 0. The van der Waals surface area contributed by atoms with Gasteiger partial charge in [0.2, 0.25) is 0 Å². The molecule has 1 N–H and O–H groups in total. The Morgan fingerprint density at radius 2 is 1.83 bits per heavy atom. The lowest BCUT2D eigenvalue weighted by atomic mass is 9.92. The topological polar surface area (TPSA) is 15.3 Å². The largest absolute Gasteiger partial charge is 0.314 e. The smallest absolute Gasteiger partial charge is 0.0492 e. The van der Waals surface area contributed by atoms with Crippen molar-refractivity contribution in [2.45, 2.75) is 30.6 Å². The van der Waals surface area contributed by atoms with Gasteiger partial charge in [-0.3, -0.25) is 4.90 Å². The van der Waals surface area contributed by atoms with Crippen LogP contribution >= 0.6 is 11.8 Å². The number of benzene rings is 1. The molecule has 98 valence electrons. The number of nitrogens with zero attached hydrogens (tertiary/aromatic N) is 1. The van der Waals surface area contributed by atoms with Gasteiger partial charge in [-0.25, -0.2) is 0 Å². The van der Waals surface area contributed by atoms with Crippen LogP contribution in [0.5, 0.6) is 0 Å². The SMILES string of the molecule is c1cc2c(cc1SCN1CCNCC1)CCCC2. The molecule has 3 rings (SSSR count). The maximum atomic E-state index is 3.40. The third kappa shape index (κ3) is 3.08. The van der Waals surface area contributed by atoms with Crippen LogP contribution in [-0.4, -0.2) is 37.0 Å². The first-order chi connectivity index (χ1) is 8.92. The van der Waals surface area contributed by atoms with Gasteiger partial charge in [0.15, 0.2) is 0 Å². The molecule has 2 aliphatic rings. The first kappa shape index (κ1) is 12.5. The standard InChI is InChI=1S/C15H22N2S/c1-2-4-14-11-15(6-5-13(14)3-1)18-12-17-9-7-16-8-10-17/h5-6,11,16H,1-4,7-10,12H2. The maximum Gasteiger partial charge on any atom is 0.0492 e. The van der Waals surface area contributed by atoms with E-state index in [1.165, 1.54) is 43.7 Å². The Kier molecular flexibility index (Phi) is 4.24. The van der Waals surface area contributed by atoms with Gasteiger partial charge >= 0.3 is 0 Å². The highest BCUT2D eigenvalue weighted by molar-refractivity contribution is 7.99. The predicted octanol–water partition coefficient (Wildman–Crippen LogP) is 2.52. The number of hydrogen-bond acceptors (Lipinski definition) is 3. The van der Waals surface area contributed by atoms with Gasteiger partial charge in [-0.15, -0.1) is 11.8 Å². The lowest BCUT2D eigenvalue weighted by Gasteiger charge is -2.26. The van der Waals surface area contributed by atoms with E-state index in [-0.39, 0.29) is 0 Å². The van der Waals surface area contributed by atoms with Crippen LogP contribution in [0.2, 0.25) is 0 Å². The molecular formula is C15H22N2S. The number of thioether (sulfide) groups is 1. The average Bonchev–Trinajstić information content (AvgIpc) is 2.46. The van der Waals surface area contributed by atoms with Crippen LogP contribution in [0.4, 0.5) is 0 Å². The third-order valence-corrected chi connectivity index (χ3v) is 5.02. The van der Waals surface area contributed by atoms with Gasteiger partial charge in [-0.1, -0.05) is 6.07 Å². The van der Waals surface area contributed by atoms with Crippen molar-refractivity contribution in [3.63, 3.8) is 0 Å². The van der Waals surface area contributed by atoms with Gasteiger partial charge in [-0.2, -0.15) is 0 Å². The Morgan fingerprint density at radius 3 is 2.67 bits per heavy atom. The van der Waals surface area contributed by atoms with E-state index in [2.05, 4.69) is 28.4 Å². The summed E-state index contributed by atoms with van der Waals surface area (Å²) in [5, 5.41) is 3.40. The summed E-state index contributed by atoms with van der Waals surface area (Å²) in [6.07, 6.45) is 5.33. The third-order valence-electron chi connectivity index (χ3n) is 3.94. The van der Waals surface area contributed by atoms with E-state index >= 15 is 0 Å². The summed E-state index contributed by atoms with van der Waals surface area (Å²) in [4.78, 5) is 4.00. The van der Waals surface area contributed by atoms with E-state index in [0.717, 1.165) is 19.0 Å². The summed E-state index contributed by atoms with van der Waals surface area (Å²) in [6.45, 7) is 4.67. The molecule has 1 aliphatic heterocycles. The molecule has 2 nitrogen and oxygen atoms in total. The fourth-order valence-corrected chi connectivity index (χ4v) is 3.79. The summed E-state index contributed by atoms with van der Waals surface area (Å²) in [6, 6.07) is 7.10. The fourth-order valence-electron chi connectivity index (χ4n) is 2.81. The highest BCUT2D eigenvalue weighted by Crippen LogP contribution is 2.27. The van der Waals surface area contributed by atoms with Crippen molar-refractivity contribution in [3.8, 4) is 0 Å². The Labute approximate surface area is 114 Å². The molecule has 1 aromatic carbocycles. The molecule has 0 unspecified atom stereocenters. The van der Waals surface area contributed by atoms with Gasteiger partial charge in [0, 0.05) is 37.0 Å². The Balaban J connectivity index is 1.58. The van der Waals surface area contributed by atoms with Crippen LogP contribution in [0.15, 0.2) is 23.1 Å². The first-order valence-corrected chi connectivity index (χ1v) is 8.08. The van der Waals surface area contributed by atoms with Crippen molar-refractivity contribution in [2.24, 2.45) is 0 Å². The average molecular weight is 262 g/mol. The van der Waals surface area contributed by atoms with Crippen molar-refractivity contribution in [2.75, 3.05) is 32.1 Å². The molecule has 3 heteroatoms. The van der Waals surface area contributed by atoms with Crippen LogP contribution in [-0.2, 0) is 12.8 Å². The monoisotopic (exact) mass is 262 g/mol. The molecule has 0 saturated carbocycles. The number of aryl methyl sites for hydroxylation is 2.